The van der Waals surface area contributed by atoms with E-state index >= 15 is 0 Å². The van der Waals surface area contributed by atoms with Gasteiger partial charge < -0.3 is 9.80 Å². The smallest absolute Gasteiger partial charge is 0.264 e. The number of carbonyl (C=O) groups excluding carboxylic acids is 1. The molecule has 4 nitrogen and oxygen atoms in total. The van der Waals surface area contributed by atoms with Crippen LogP contribution in [0.15, 0.2) is 35.7 Å². The van der Waals surface area contributed by atoms with Crippen LogP contribution in [0.2, 0.25) is 0 Å². The third-order valence-electron chi connectivity index (χ3n) is 5.81. The van der Waals surface area contributed by atoms with Gasteiger partial charge in [-0.1, -0.05) is 6.07 Å². The second-order valence-corrected chi connectivity index (χ2v) is 8.40. The number of rotatable bonds is 3. The highest BCUT2D eigenvalue weighted by Crippen LogP contribution is 2.27. The minimum atomic E-state index is -0.166. The molecule has 0 unspecified atom stereocenters. The van der Waals surface area contributed by atoms with Gasteiger partial charge in [-0.15, -0.1) is 11.3 Å². The minimum Gasteiger partial charge on any atom is -0.371 e. The van der Waals surface area contributed by atoms with Gasteiger partial charge in [-0.2, -0.15) is 0 Å². The van der Waals surface area contributed by atoms with Crippen molar-refractivity contribution < 1.29 is 9.18 Å². The number of thiophene rings is 1. The lowest BCUT2D eigenvalue weighted by Gasteiger charge is -2.43. The van der Waals surface area contributed by atoms with Crippen LogP contribution < -0.4 is 4.90 Å². The van der Waals surface area contributed by atoms with E-state index < -0.39 is 0 Å². The molecule has 1 aromatic heterocycles. The fourth-order valence-corrected chi connectivity index (χ4v) is 4.98. The molecule has 0 aliphatic carbocycles. The van der Waals surface area contributed by atoms with Gasteiger partial charge in [-0.05, 0) is 55.0 Å². The van der Waals surface area contributed by atoms with E-state index in [0.717, 1.165) is 68.2 Å². The summed E-state index contributed by atoms with van der Waals surface area (Å²) >= 11 is 1.52. The third-order valence-corrected chi connectivity index (χ3v) is 6.67. The van der Waals surface area contributed by atoms with Crippen molar-refractivity contribution in [3.05, 3.63) is 52.0 Å². The molecular formula is C21H26FN3OS. The summed E-state index contributed by atoms with van der Waals surface area (Å²) in [5, 5.41) is 1.96. The van der Waals surface area contributed by atoms with Gasteiger partial charge in [0.05, 0.1) is 4.88 Å². The van der Waals surface area contributed by atoms with Gasteiger partial charge in [-0.25, -0.2) is 4.39 Å². The van der Waals surface area contributed by atoms with Gasteiger partial charge in [0.2, 0.25) is 0 Å². The van der Waals surface area contributed by atoms with Gasteiger partial charge in [-0.3, -0.25) is 9.69 Å². The predicted octanol–water partition coefficient (Wildman–Crippen LogP) is 3.62. The predicted molar refractivity (Wildman–Crippen MR) is 108 cm³/mol. The Hall–Kier alpha value is -1.92. The summed E-state index contributed by atoms with van der Waals surface area (Å²) in [4.78, 5) is 20.2. The van der Waals surface area contributed by atoms with Crippen LogP contribution >= 0.6 is 11.3 Å². The summed E-state index contributed by atoms with van der Waals surface area (Å²) in [6.07, 6.45) is 2.24. The lowest BCUT2D eigenvalue weighted by atomic mass is 10.0. The normalized spacial score (nSPS) is 19.5. The standard InChI is InChI=1S/C21H26FN3OS/c1-16-15-17(22)4-5-19(16)24-8-6-18(7-9-24)23-10-12-25(13-11-23)21(26)20-3-2-14-27-20/h2-5,14-15,18H,6-13H2,1H3. The lowest BCUT2D eigenvalue weighted by Crippen LogP contribution is -2.54. The Morgan fingerprint density at radius 3 is 2.44 bits per heavy atom. The molecule has 0 atom stereocenters. The van der Waals surface area contributed by atoms with Crippen LogP contribution in [-0.2, 0) is 0 Å². The van der Waals surface area contributed by atoms with Crippen LogP contribution in [0.5, 0.6) is 0 Å². The number of carbonyl (C=O) groups is 1. The van der Waals surface area contributed by atoms with Crippen LogP contribution in [0.1, 0.15) is 28.1 Å². The molecule has 2 fully saturated rings. The van der Waals surface area contributed by atoms with Crippen LogP contribution in [0.4, 0.5) is 10.1 Å². The molecule has 0 saturated carbocycles. The highest BCUT2D eigenvalue weighted by molar-refractivity contribution is 7.12. The van der Waals surface area contributed by atoms with E-state index in [4.69, 9.17) is 0 Å². The second-order valence-electron chi connectivity index (χ2n) is 7.45. The maximum atomic E-state index is 13.3. The SMILES string of the molecule is Cc1cc(F)ccc1N1CCC(N2CCN(C(=O)c3cccs3)CC2)CC1. The van der Waals surface area contributed by atoms with Crippen LogP contribution in [0, 0.1) is 12.7 Å². The zero-order valence-corrected chi connectivity index (χ0v) is 16.6. The molecule has 0 bridgehead atoms. The van der Waals surface area contributed by atoms with E-state index in [1.165, 1.54) is 11.3 Å². The van der Waals surface area contributed by atoms with Crippen molar-refractivity contribution in [2.24, 2.45) is 0 Å². The Kier molecular flexibility index (Phi) is 5.45. The molecule has 3 heterocycles. The Labute approximate surface area is 164 Å². The first-order chi connectivity index (χ1) is 13.1. The van der Waals surface area contributed by atoms with E-state index in [2.05, 4.69) is 9.80 Å². The molecule has 144 valence electrons. The quantitative estimate of drug-likeness (QED) is 0.805. The summed E-state index contributed by atoms with van der Waals surface area (Å²) in [7, 11) is 0. The van der Waals surface area contributed by atoms with Crippen LogP contribution in [0.3, 0.4) is 0 Å². The van der Waals surface area contributed by atoms with Crippen LogP contribution in [0.25, 0.3) is 0 Å². The average molecular weight is 388 g/mol. The highest BCUT2D eigenvalue weighted by Gasteiger charge is 2.29. The van der Waals surface area contributed by atoms with E-state index in [0.29, 0.717) is 6.04 Å². The maximum Gasteiger partial charge on any atom is 0.264 e. The van der Waals surface area contributed by atoms with Crippen molar-refractivity contribution in [3.8, 4) is 0 Å². The minimum absolute atomic E-state index is 0.166. The molecule has 27 heavy (non-hydrogen) atoms. The number of halogens is 1. The molecule has 2 aromatic rings. The largest absolute Gasteiger partial charge is 0.371 e. The molecular weight excluding hydrogens is 361 g/mol. The monoisotopic (exact) mass is 387 g/mol. The molecule has 0 N–H and O–H groups in total. The summed E-state index contributed by atoms with van der Waals surface area (Å²) in [6.45, 7) is 7.53. The number of hydrogen-bond acceptors (Lipinski definition) is 4. The van der Waals surface area contributed by atoms with Crippen molar-refractivity contribution in [1.29, 1.82) is 0 Å². The molecule has 0 radical (unpaired) electrons. The molecule has 2 saturated heterocycles. The number of anilines is 1. The Bertz CT molecular complexity index is 779. The van der Waals surface area contributed by atoms with E-state index in [-0.39, 0.29) is 11.7 Å². The van der Waals surface area contributed by atoms with Gasteiger partial charge >= 0.3 is 0 Å². The summed E-state index contributed by atoms with van der Waals surface area (Å²) < 4.78 is 13.3. The van der Waals surface area contributed by atoms with Gasteiger partial charge in [0.15, 0.2) is 0 Å². The van der Waals surface area contributed by atoms with E-state index in [9.17, 15) is 9.18 Å². The molecule has 0 spiro atoms. The van der Waals surface area contributed by atoms with Crippen molar-refractivity contribution >= 4 is 22.9 Å². The average Bonchev–Trinajstić information content (AvgIpc) is 3.23. The number of nitrogens with zero attached hydrogens (tertiary/aromatic N) is 3. The zero-order valence-electron chi connectivity index (χ0n) is 15.7. The third kappa shape index (κ3) is 4.01. The van der Waals surface area contributed by atoms with Gasteiger partial charge in [0.25, 0.3) is 5.91 Å². The first kappa shape index (κ1) is 18.4. The molecule has 1 aromatic carbocycles. The Morgan fingerprint density at radius 1 is 1.07 bits per heavy atom. The van der Waals surface area contributed by atoms with Crippen molar-refractivity contribution in [3.63, 3.8) is 0 Å². The van der Waals surface area contributed by atoms with Crippen LogP contribution in [-0.4, -0.2) is 61.0 Å². The molecule has 4 rings (SSSR count). The number of hydrogen-bond donors (Lipinski definition) is 0. The molecule has 1 amide bonds. The number of piperazine rings is 1. The van der Waals surface area contributed by atoms with Crippen molar-refractivity contribution in [2.45, 2.75) is 25.8 Å². The first-order valence-corrected chi connectivity index (χ1v) is 10.6. The summed E-state index contributed by atoms with van der Waals surface area (Å²) in [6, 6.07) is 9.50. The first-order valence-electron chi connectivity index (χ1n) is 9.70. The Morgan fingerprint density at radius 2 is 1.81 bits per heavy atom. The number of aryl methyl sites for hydroxylation is 1. The van der Waals surface area contributed by atoms with Gasteiger partial charge in [0, 0.05) is 51.0 Å². The topological polar surface area (TPSA) is 26.8 Å². The zero-order chi connectivity index (χ0) is 18.8. The fourth-order valence-electron chi connectivity index (χ4n) is 4.29. The number of amides is 1. The fraction of sp³-hybridized carbons (Fsp3) is 0.476. The second kappa shape index (κ2) is 7.98. The van der Waals surface area contributed by atoms with E-state index in [1.54, 1.807) is 12.1 Å². The lowest BCUT2D eigenvalue weighted by molar-refractivity contribution is 0.0545. The van der Waals surface area contributed by atoms with Crippen molar-refractivity contribution in [2.75, 3.05) is 44.2 Å². The number of benzene rings is 1. The molecule has 6 heteroatoms. The highest BCUT2D eigenvalue weighted by atomic mass is 32.1. The molecule has 2 aliphatic rings. The van der Waals surface area contributed by atoms with E-state index in [1.807, 2.05) is 35.4 Å². The maximum absolute atomic E-state index is 13.3. The number of piperidine rings is 1. The summed E-state index contributed by atoms with van der Waals surface area (Å²) in [5.41, 5.74) is 2.16. The summed E-state index contributed by atoms with van der Waals surface area (Å²) in [5.74, 6) is 0.00681. The molecule has 2 aliphatic heterocycles. The van der Waals surface area contributed by atoms with Gasteiger partial charge in [0.1, 0.15) is 5.82 Å². The Balaban J connectivity index is 1.29. The van der Waals surface area contributed by atoms with Crippen molar-refractivity contribution in [1.82, 2.24) is 9.80 Å².